The first-order chi connectivity index (χ1) is 13.7. The molecule has 0 fully saturated rings. The minimum atomic E-state index is 0.174. The van der Waals surface area contributed by atoms with Crippen molar-refractivity contribution >= 4 is 0 Å². The third-order valence-corrected chi connectivity index (χ3v) is 5.13. The van der Waals surface area contributed by atoms with Crippen LogP contribution in [0.5, 0.6) is 0 Å². The van der Waals surface area contributed by atoms with Crippen molar-refractivity contribution in [3.05, 3.63) is 22.5 Å². The fourth-order valence-electron chi connectivity index (χ4n) is 3.42. The van der Waals surface area contributed by atoms with Crippen LogP contribution in [0.25, 0.3) is 0 Å². The zero-order valence-electron chi connectivity index (χ0n) is 17.5. The monoisotopic (exact) mass is 392 g/mol. The molecule has 0 aliphatic carbocycles. The molecule has 8 nitrogen and oxygen atoms in total. The highest BCUT2D eigenvalue weighted by molar-refractivity contribution is 4.83. The van der Waals surface area contributed by atoms with Gasteiger partial charge in [-0.3, -0.25) is 21.4 Å². The Balaban J connectivity index is 1.80. The molecule has 2 heterocycles. The van der Waals surface area contributed by atoms with E-state index in [0.717, 1.165) is 63.0 Å². The zero-order valence-corrected chi connectivity index (χ0v) is 17.5. The highest BCUT2D eigenvalue weighted by Gasteiger charge is 2.14. The molecule has 0 atom stereocenters. The second kappa shape index (κ2) is 12.4. The maximum Gasteiger partial charge on any atom is 0.268 e. The smallest absolute Gasteiger partial charge is 0.268 e. The minimum Gasteiger partial charge on any atom is -0.487 e. The molecule has 0 unspecified atom stereocenters. The first kappa shape index (κ1) is 22.2. The van der Waals surface area contributed by atoms with Gasteiger partial charge in [0.05, 0.1) is 0 Å². The second-order valence-electron chi connectivity index (χ2n) is 7.47. The maximum absolute atomic E-state index is 7.95. The van der Waals surface area contributed by atoms with E-state index in [1.54, 1.807) is 0 Å². The molecule has 0 saturated carbocycles. The zero-order chi connectivity index (χ0) is 20.2. The van der Waals surface area contributed by atoms with E-state index in [1.807, 2.05) is 9.36 Å². The number of hydrogen-bond donors (Lipinski definition) is 2. The van der Waals surface area contributed by atoms with Gasteiger partial charge in [-0.2, -0.15) is 0 Å². The highest BCUT2D eigenvalue weighted by Crippen LogP contribution is 2.03. The second-order valence-corrected chi connectivity index (χ2v) is 7.47. The largest absolute Gasteiger partial charge is 0.487 e. The van der Waals surface area contributed by atoms with E-state index in [-0.39, 0.29) is 11.1 Å². The summed E-state index contributed by atoms with van der Waals surface area (Å²) in [6, 6.07) is 0. The summed E-state index contributed by atoms with van der Waals surface area (Å²) in [5, 5.41) is 23.9. The summed E-state index contributed by atoms with van der Waals surface area (Å²) in [5.74, 6) is 0. The molecule has 2 aromatic rings. The summed E-state index contributed by atoms with van der Waals surface area (Å²) >= 11 is 0. The van der Waals surface area contributed by atoms with Crippen molar-refractivity contribution in [1.82, 2.24) is 10.5 Å². The average molecular weight is 393 g/mol. The topological polar surface area (TPSA) is 110 Å². The molecule has 0 bridgehead atoms. The van der Waals surface area contributed by atoms with Crippen LogP contribution in [0.15, 0.2) is 9.05 Å². The molecule has 28 heavy (non-hydrogen) atoms. The Morgan fingerprint density at radius 2 is 1.07 bits per heavy atom. The number of nitrogens with zero attached hydrogens (tertiary/aromatic N) is 4. The first-order valence-electron chi connectivity index (χ1n) is 10.9. The molecule has 0 amide bonds. The fraction of sp³-hybridized carbons (Fsp3) is 0.800. The molecular weight excluding hydrogens is 356 g/mol. The van der Waals surface area contributed by atoms with Crippen LogP contribution in [0, 0.1) is 10.8 Å². The number of nitrogens with one attached hydrogen (secondary N) is 2. The van der Waals surface area contributed by atoms with Crippen molar-refractivity contribution in [2.75, 3.05) is 0 Å². The predicted octanol–water partition coefficient (Wildman–Crippen LogP) is 2.05. The van der Waals surface area contributed by atoms with E-state index in [2.05, 4.69) is 24.4 Å². The lowest BCUT2D eigenvalue weighted by molar-refractivity contribution is -0.774. The third-order valence-electron chi connectivity index (χ3n) is 5.13. The van der Waals surface area contributed by atoms with Crippen LogP contribution in [0.3, 0.4) is 0 Å². The molecule has 2 aromatic heterocycles. The molecule has 8 heteroatoms. The van der Waals surface area contributed by atoms with Crippen LogP contribution < -0.4 is 31.0 Å². The maximum atomic E-state index is 7.95. The Bertz CT molecular complexity index is 719. The van der Waals surface area contributed by atoms with E-state index < -0.39 is 0 Å². The molecule has 0 saturated heterocycles. The van der Waals surface area contributed by atoms with Crippen LogP contribution in [-0.2, 0) is 25.9 Å². The van der Waals surface area contributed by atoms with Gasteiger partial charge >= 0.3 is 0 Å². The normalized spacial score (nSPS) is 11.4. The van der Waals surface area contributed by atoms with Crippen molar-refractivity contribution in [2.24, 2.45) is 0 Å². The number of hydrogen-bond acceptors (Lipinski definition) is 4. The van der Waals surface area contributed by atoms with Gasteiger partial charge in [0.25, 0.3) is 11.1 Å². The molecule has 0 aliphatic rings. The van der Waals surface area contributed by atoms with Crippen LogP contribution in [0.2, 0.25) is 0 Å². The van der Waals surface area contributed by atoms with E-state index in [1.165, 1.54) is 38.5 Å². The van der Waals surface area contributed by atoms with Crippen molar-refractivity contribution in [1.29, 1.82) is 10.8 Å². The first-order valence-corrected chi connectivity index (χ1v) is 10.9. The van der Waals surface area contributed by atoms with Gasteiger partial charge in [0.2, 0.25) is 11.4 Å². The van der Waals surface area contributed by atoms with E-state index in [4.69, 9.17) is 19.9 Å². The third kappa shape index (κ3) is 6.80. The van der Waals surface area contributed by atoms with Crippen molar-refractivity contribution in [3.8, 4) is 0 Å². The predicted molar refractivity (Wildman–Crippen MR) is 101 cm³/mol. The molecule has 2 rings (SSSR count). The Labute approximate surface area is 166 Å². The minimum absolute atomic E-state index is 0.174. The Kier molecular flexibility index (Phi) is 9.79. The van der Waals surface area contributed by atoms with Crippen molar-refractivity contribution < 1.29 is 18.4 Å². The van der Waals surface area contributed by atoms with Gasteiger partial charge in [0.15, 0.2) is 0 Å². The van der Waals surface area contributed by atoms with Gasteiger partial charge in [-0.25, -0.2) is 9.36 Å². The van der Waals surface area contributed by atoms with E-state index in [0.29, 0.717) is 0 Å². The number of unbranched alkanes of at least 4 members (excludes halogenated alkanes) is 7. The van der Waals surface area contributed by atoms with E-state index >= 15 is 0 Å². The van der Waals surface area contributed by atoms with E-state index in [9.17, 15) is 0 Å². The average Bonchev–Trinajstić information content (AvgIpc) is 3.22. The molecule has 0 radical (unpaired) electrons. The number of aryl methyl sites for hydroxylation is 2. The summed E-state index contributed by atoms with van der Waals surface area (Å²) in [7, 11) is 0. The standard InChI is InChI=1S/C20H36N6O2/c1-3-5-7-11-15-25-17(19(21)27-23-25)13-9-10-14-18-20(22)28-24-26(18)16-12-8-6-4-2/h21-22H,3-16H2,1-2H3. The van der Waals surface area contributed by atoms with Crippen molar-refractivity contribution in [3.63, 3.8) is 0 Å². The lowest BCUT2D eigenvalue weighted by atomic mass is 10.1. The van der Waals surface area contributed by atoms with Gasteiger partial charge in [-0.1, -0.05) is 39.5 Å². The van der Waals surface area contributed by atoms with Crippen molar-refractivity contribution in [2.45, 2.75) is 104 Å². The molecule has 2 N–H and O–H groups in total. The van der Waals surface area contributed by atoms with Crippen LogP contribution in [0.4, 0.5) is 0 Å². The Hall–Kier alpha value is -2.12. The molecule has 0 aromatic carbocycles. The lowest BCUT2D eigenvalue weighted by Crippen LogP contribution is -2.43. The van der Waals surface area contributed by atoms with Gasteiger partial charge in [0, 0.05) is 25.7 Å². The summed E-state index contributed by atoms with van der Waals surface area (Å²) in [5.41, 5.74) is 2.10. The Morgan fingerprint density at radius 1 is 0.643 bits per heavy atom. The van der Waals surface area contributed by atoms with Gasteiger partial charge in [-0.05, 0) is 25.7 Å². The summed E-state index contributed by atoms with van der Waals surface area (Å²) < 4.78 is 13.9. The highest BCUT2D eigenvalue weighted by atomic mass is 16.5. The quantitative estimate of drug-likeness (QED) is 0.357. The van der Waals surface area contributed by atoms with Gasteiger partial charge in [-0.15, -0.1) is 0 Å². The molecular formula is C20H36N6O2. The molecule has 158 valence electrons. The summed E-state index contributed by atoms with van der Waals surface area (Å²) in [4.78, 5) is 0. The summed E-state index contributed by atoms with van der Waals surface area (Å²) in [6.45, 7) is 6.03. The molecule has 0 aliphatic heterocycles. The number of rotatable bonds is 15. The van der Waals surface area contributed by atoms with Crippen LogP contribution in [0.1, 0.15) is 89.4 Å². The summed E-state index contributed by atoms with van der Waals surface area (Å²) in [6.07, 6.45) is 12.8. The SMILES string of the molecule is CCCCCC[n+]1[n-]oc(=N)c1CCCCc1c(=N)o[n-][n+]1CCCCCC. The lowest BCUT2D eigenvalue weighted by Gasteiger charge is -2.03. The Morgan fingerprint density at radius 3 is 1.46 bits per heavy atom. The van der Waals surface area contributed by atoms with Gasteiger partial charge in [0.1, 0.15) is 13.1 Å². The van der Waals surface area contributed by atoms with Crippen LogP contribution >= 0.6 is 0 Å². The van der Waals surface area contributed by atoms with Crippen LogP contribution in [-0.4, -0.2) is 0 Å². The fourth-order valence-corrected chi connectivity index (χ4v) is 3.42. The van der Waals surface area contributed by atoms with Gasteiger partial charge < -0.3 is 9.05 Å². The molecule has 0 spiro atoms. The number of aromatic nitrogens is 4.